The van der Waals surface area contributed by atoms with Gasteiger partial charge in [0.15, 0.2) is 5.82 Å². The van der Waals surface area contributed by atoms with E-state index in [-0.39, 0.29) is 11.5 Å². The molecule has 1 aliphatic rings. The largest absolute Gasteiger partial charge is 0.396 e. The van der Waals surface area contributed by atoms with E-state index in [0.29, 0.717) is 12.1 Å². The summed E-state index contributed by atoms with van der Waals surface area (Å²) in [5, 5.41) is 0. The lowest BCUT2D eigenvalue weighted by Gasteiger charge is -2.25. The second-order valence-electron chi connectivity index (χ2n) is 4.36. The van der Waals surface area contributed by atoms with Crippen molar-refractivity contribution in [2.45, 2.75) is 19.9 Å². The van der Waals surface area contributed by atoms with E-state index in [0.717, 1.165) is 19.5 Å². The Morgan fingerprint density at radius 1 is 1.44 bits per heavy atom. The predicted molar refractivity (Wildman–Crippen MR) is 64.5 cm³/mol. The Labute approximate surface area is 95.6 Å². The molecule has 0 spiro atoms. The van der Waals surface area contributed by atoms with E-state index in [4.69, 9.17) is 5.73 Å². The number of nitrogen functional groups attached to an aromatic ring is 1. The molecule has 0 fully saturated rings. The van der Waals surface area contributed by atoms with Crippen molar-refractivity contribution in [3.8, 4) is 0 Å². The Morgan fingerprint density at radius 3 is 2.94 bits per heavy atom. The molecular formula is C13H17FN2. The smallest absolute Gasteiger partial charge is 0.150 e. The molecule has 0 unspecified atom stereocenters. The molecule has 16 heavy (non-hydrogen) atoms. The van der Waals surface area contributed by atoms with Crippen molar-refractivity contribution in [3.05, 3.63) is 41.2 Å². The minimum absolute atomic E-state index is 0.237. The molecule has 2 N–H and O–H groups in total. The Hall–Kier alpha value is -1.35. The molecule has 0 atom stereocenters. The zero-order chi connectivity index (χ0) is 11.5. The van der Waals surface area contributed by atoms with Gasteiger partial charge in [-0.05, 0) is 19.4 Å². The van der Waals surface area contributed by atoms with Crippen LogP contribution in [0.4, 0.5) is 10.1 Å². The maximum Gasteiger partial charge on any atom is 0.150 e. The fourth-order valence-electron chi connectivity index (χ4n) is 1.92. The van der Waals surface area contributed by atoms with Crippen LogP contribution in [0.1, 0.15) is 18.9 Å². The summed E-state index contributed by atoms with van der Waals surface area (Å²) in [6, 6.07) is 5.20. The van der Waals surface area contributed by atoms with E-state index in [1.54, 1.807) is 18.2 Å². The fourth-order valence-corrected chi connectivity index (χ4v) is 1.92. The van der Waals surface area contributed by atoms with Crippen molar-refractivity contribution in [2.24, 2.45) is 0 Å². The minimum Gasteiger partial charge on any atom is -0.396 e. The van der Waals surface area contributed by atoms with Gasteiger partial charge in [0.1, 0.15) is 0 Å². The summed E-state index contributed by atoms with van der Waals surface area (Å²) in [5.41, 5.74) is 7.89. The van der Waals surface area contributed by atoms with Gasteiger partial charge >= 0.3 is 0 Å². The molecule has 2 rings (SSSR count). The van der Waals surface area contributed by atoms with Gasteiger partial charge in [0.2, 0.25) is 0 Å². The summed E-state index contributed by atoms with van der Waals surface area (Å²) in [7, 11) is 0. The third-order valence-electron chi connectivity index (χ3n) is 3.02. The lowest BCUT2D eigenvalue weighted by Crippen LogP contribution is -2.28. The van der Waals surface area contributed by atoms with Crippen molar-refractivity contribution in [1.29, 1.82) is 0 Å². The Balaban J connectivity index is 2.07. The number of hydrogen-bond acceptors (Lipinski definition) is 2. The number of halogens is 1. The Morgan fingerprint density at radius 2 is 2.25 bits per heavy atom. The van der Waals surface area contributed by atoms with Gasteiger partial charge in [0, 0.05) is 25.2 Å². The average molecular weight is 220 g/mol. The molecule has 1 aromatic carbocycles. The molecule has 0 bridgehead atoms. The van der Waals surface area contributed by atoms with Crippen LogP contribution in [0.2, 0.25) is 0 Å². The fraction of sp³-hybridized carbons (Fsp3) is 0.385. The van der Waals surface area contributed by atoms with Gasteiger partial charge in [-0.1, -0.05) is 23.8 Å². The molecule has 2 nitrogen and oxygen atoms in total. The number of hydrogen-bond donors (Lipinski definition) is 1. The van der Waals surface area contributed by atoms with Gasteiger partial charge in [-0.3, -0.25) is 4.90 Å². The molecule has 86 valence electrons. The second-order valence-corrected chi connectivity index (χ2v) is 4.36. The summed E-state index contributed by atoms with van der Waals surface area (Å²) >= 11 is 0. The first-order chi connectivity index (χ1) is 7.66. The highest BCUT2D eigenvalue weighted by Crippen LogP contribution is 2.18. The van der Waals surface area contributed by atoms with E-state index in [2.05, 4.69) is 17.9 Å². The van der Waals surface area contributed by atoms with Crippen LogP contribution in [-0.2, 0) is 6.54 Å². The van der Waals surface area contributed by atoms with Crippen LogP contribution in [0, 0.1) is 5.82 Å². The molecule has 0 amide bonds. The highest BCUT2D eigenvalue weighted by molar-refractivity contribution is 5.42. The van der Waals surface area contributed by atoms with Crippen LogP contribution < -0.4 is 5.73 Å². The molecule has 0 aliphatic carbocycles. The first kappa shape index (κ1) is 11.1. The maximum absolute atomic E-state index is 13.7. The van der Waals surface area contributed by atoms with Crippen LogP contribution >= 0.6 is 0 Å². The predicted octanol–water partition coefficient (Wildman–Crippen LogP) is 2.56. The molecule has 0 saturated carbocycles. The number of benzene rings is 1. The number of nitrogens with two attached hydrogens (primary N) is 1. The van der Waals surface area contributed by atoms with Crippen molar-refractivity contribution in [3.63, 3.8) is 0 Å². The van der Waals surface area contributed by atoms with Crippen molar-refractivity contribution >= 4 is 5.69 Å². The summed E-state index contributed by atoms with van der Waals surface area (Å²) in [6.07, 6.45) is 3.28. The van der Waals surface area contributed by atoms with Crippen LogP contribution in [0.15, 0.2) is 29.8 Å². The first-order valence-electron chi connectivity index (χ1n) is 5.57. The topological polar surface area (TPSA) is 29.3 Å². The third-order valence-corrected chi connectivity index (χ3v) is 3.02. The average Bonchev–Trinajstić information content (AvgIpc) is 2.28. The van der Waals surface area contributed by atoms with Gasteiger partial charge in [0.05, 0.1) is 5.69 Å². The highest BCUT2D eigenvalue weighted by atomic mass is 19.1. The van der Waals surface area contributed by atoms with Crippen LogP contribution in [0.3, 0.4) is 0 Å². The van der Waals surface area contributed by atoms with Crippen LogP contribution in [0.5, 0.6) is 0 Å². The van der Waals surface area contributed by atoms with E-state index >= 15 is 0 Å². The van der Waals surface area contributed by atoms with Crippen molar-refractivity contribution < 1.29 is 4.39 Å². The molecule has 0 saturated heterocycles. The van der Waals surface area contributed by atoms with Crippen molar-refractivity contribution in [1.82, 2.24) is 4.90 Å². The second kappa shape index (κ2) is 4.66. The first-order valence-corrected chi connectivity index (χ1v) is 5.57. The summed E-state index contributed by atoms with van der Waals surface area (Å²) in [5.74, 6) is -0.270. The lowest BCUT2D eigenvalue weighted by molar-refractivity contribution is 0.282. The molecule has 1 heterocycles. The van der Waals surface area contributed by atoms with E-state index < -0.39 is 0 Å². The highest BCUT2D eigenvalue weighted by Gasteiger charge is 2.12. The molecular weight excluding hydrogens is 203 g/mol. The summed E-state index contributed by atoms with van der Waals surface area (Å²) in [4.78, 5) is 2.23. The minimum atomic E-state index is -0.270. The lowest BCUT2D eigenvalue weighted by atomic mass is 10.1. The van der Waals surface area contributed by atoms with E-state index in [9.17, 15) is 4.39 Å². The zero-order valence-corrected chi connectivity index (χ0v) is 9.54. The van der Waals surface area contributed by atoms with Crippen LogP contribution in [-0.4, -0.2) is 18.0 Å². The molecule has 1 aromatic rings. The maximum atomic E-state index is 13.7. The van der Waals surface area contributed by atoms with Crippen LogP contribution in [0.25, 0.3) is 0 Å². The summed E-state index contributed by atoms with van der Waals surface area (Å²) in [6.45, 7) is 4.68. The van der Waals surface area contributed by atoms with Gasteiger partial charge in [-0.15, -0.1) is 0 Å². The molecule has 0 radical (unpaired) electrons. The number of rotatable bonds is 2. The zero-order valence-electron chi connectivity index (χ0n) is 9.54. The van der Waals surface area contributed by atoms with E-state index in [1.165, 1.54) is 5.57 Å². The van der Waals surface area contributed by atoms with Crippen molar-refractivity contribution in [2.75, 3.05) is 18.8 Å². The third kappa shape index (κ3) is 2.42. The van der Waals surface area contributed by atoms with E-state index in [1.807, 2.05) is 0 Å². The summed E-state index contributed by atoms with van der Waals surface area (Å²) < 4.78 is 13.7. The molecule has 3 heteroatoms. The standard InChI is InChI=1S/C13H17FN2/c1-10-5-7-16(8-6-10)9-11-3-2-4-12(15)13(11)14/h2-5H,6-9,15H2,1H3. The molecule has 1 aliphatic heterocycles. The quantitative estimate of drug-likeness (QED) is 0.613. The number of anilines is 1. The Kier molecular flexibility index (Phi) is 3.25. The SMILES string of the molecule is CC1=CCN(Cc2cccc(N)c2F)CC1. The van der Waals surface area contributed by atoms with Gasteiger partial charge in [-0.2, -0.15) is 0 Å². The Bertz CT molecular complexity index is 412. The monoisotopic (exact) mass is 220 g/mol. The van der Waals surface area contributed by atoms with Gasteiger partial charge in [-0.25, -0.2) is 4.39 Å². The van der Waals surface area contributed by atoms with Gasteiger partial charge in [0.25, 0.3) is 0 Å². The number of nitrogens with zero attached hydrogens (tertiary/aromatic N) is 1. The normalized spacial score (nSPS) is 17.2. The molecule has 0 aromatic heterocycles. The van der Waals surface area contributed by atoms with Gasteiger partial charge < -0.3 is 5.73 Å².